The first-order chi connectivity index (χ1) is 15.1. The molecule has 2 atom stereocenters. The second-order valence-electron chi connectivity index (χ2n) is 7.30. The fraction of sp³-hybridized carbons (Fsp3) is 0.261. The Morgan fingerprint density at radius 2 is 2.10 bits per heavy atom. The van der Waals surface area contributed by atoms with E-state index in [1.54, 1.807) is 17.5 Å². The number of carbonyl (C=O) groups excluding carboxylic acids is 1. The molecule has 1 amide bonds. The Morgan fingerprint density at radius 3 is 2.81 bits per heavy atom. The maximum absolute atomic E-state index is 12.7. The Hall–Kier alpha value is -2.29. The number of anilines is 1. The molecule has 1 fully saturated rings. The number of thiophene rings is 1. The van der Waals surface area contributed by atoms with Gasteiger partial charge in [-0.25, -0.2) is 0 Å². The van der Waals surface area contributed by atoms with Crippen molar-refractivity contribution in [3.05, 3.63) is 80.7 Å². The van der Waals surface area contributed by atoms with Gasteiger partial charge in [0, 0.05) is 39.6 Å². The zero-order valence-electron chi connectivity index (χ0n) is 17.0. The van der Waals surface area contributed by atoms with E-state index >= 15 is 0 Å². The lowest BCUT2D eigenvalue weighted by Crippen LogP contribution is -2.32. The second-order valence-corrected chi connectivity index (χ2v) is 9.54. The van der Waals surface area contributed by atoms with Crippen LogP contribution < -0.4 is 10.6 Å². The largest absolute Gasteiger partial charge is 0.352 e. The molecule has 1 aliphatic heterocycles. The predicted octanol–water partition coefficient (Wildman–Crippen LogP) is 5.47. The summed E-state index contributed by atoms with van der Waals surface area (Å²) in [5, 5.41) is 9.19. The number of carbonyl (C=O) groups is 1. The van der Waals surface area contributed by atoms with E-state index in [9.17, 15) is 4.79 Å². The molecule has 160 valence electrons. The lowest BCUT2D eigenvalue weighted by Gasteiger charge is -2.26. The molecule has 1 aliphatic rings. The van der Waals surface area contributed by atoms with Gasteiger partial charge in [0.25, 0.3) is 0 Å². The van der Waals surface area contributed by atoms with E-state index in [4.69, 9.17) is 12.2 Å². The van der Waals surface area contributed by atoms with Gasteiger partial charge < -0.3 is 15.5 Å². The highest BCUT2D eigenvalue weighted by molar-refractivity contribution is 9.10. The zero-order chi connectivity index (χ0) is 21.8. The van der Waals surface area contributed by atoms with Crippen LogP contribution in [0.25, 0.3) is 0 Å². The van der Waals surface area contributed by atoms with Crippen LogP contribution in [0.1, 0.15) is 41.6 Å². The van der Waals surface area contributed by atoms with Crippen LogP contribution in [-0.2, 0) is 11.2 Å². The van der Waals surface area contributed by atoms with Crippen molar-refractivity contribution in [2.45, 2.75) is 31.8 Å². The van der Waals surface area contributed by atoms with Gasteiger partial charge in [0.15, 0.2) is 5.11 Å². The Bertz CT molecular complexity index is 1070. The number of thiocarbonyl (C=S) groups is 1. The summed E-state index contributed by atoms with van der Waals surface area (Å²) in [4.78, 5) is 20.6. The molecule has 0 radical (unpaired) electrons. The van der Waals surface area contributed by atoms with Crippen molar-refractivity contribution in [3.8, 4) is 0 Å². The van der Waals surface area contributed by atoms with Crippen LogP contribution >= 0.6 is 39.5 Å². The second kappa shape index (κ2) is 9.89. The summed E-state index contributed by atoms with van der Waals surface area (Å²) in [6, 6.07) is 15.8. The number of nitrogens with one attached hydrogen (secondary N) is 2. The zero-order valence-corrected chi connectivity index (χ0v) is 20.3. The van der Waals surface area contributed by atoms with Crippen LogP contribution in [0.3, 0.4) is 0 Å². The van der Waals surface area contributed by atoms with Crippen molar-refractivity contribution >= 4 is 56.2 Å². The summed E-state index contributed by atoms with van der Waals surface area (Å²) in [5.41, 5.74) is 2.94. The molecule has 0 saturated carbocycles. The first-order valence-electron chi connectivity index (χ1n) is 10.2. The molecule has 3 aromatic rings. The van der Waals surface area contributed by atoms with E-state index in [2.05, 4.69) is 54.8 Å². The summed E-state index contributed by atoms with van der Waals surface area (Å²) < 4.78 is 1.04. The number of aryl methyl sites for hydroxylation is 1. The minimum atomic E-state index is -0.0665. The quantitative estimate of drug-likeness (QED) is 0.409. The molecular formula is C23H23BrN4OS2. The number of halogens is 1. The van der Waals surface area contributed by atoms with Gasteiger partial charge in [0.05, 0.1) is 17.8 Å². The van der Waals surface area contributed by atoms with Gasteiger partial charge >= 0.3 is 0 Å². The number of aromatic nitrogens is 1. The first-order valence-corrected chi connectivity index (χ1v) is 12.2. The number of hydrogen-bond acceptors (Lipinski definition) is 4. The third kappa shape index (κ3) is 4.97. The Morgan fingerprint density at radius 1 is 1.29 bits per heavy atom. The van der Waals surface area contributed by atoms with Crippen molar-refractivity contribution < 1.29 is 4.79 Å². The number of amides is 1. The first kappa shape index (κ1) is 21.9. The maximum Gasteiger partial charge on any atom is 0.226 e. The van der Waals surface area contributed by atoms with Crippen LogP contribution in [0, 0.1) is 0 Å². The molecule has 1 saturated heterocycles. The van der Waals surface area contributed by atoms with Crippen molar-refractivity contribution in [1.82, 2.24) is 15.2 Å². The molecule has 0 unspecified atom stereocenters. The van der Waals surface area contributed by atoms with Gasteiger partial charge in [0.1, 0.15) is 0 Å². The molecule has 2 N–H and O–H groups in total. The summed E-state index contributed by atoms with van der Waals surface area (Å²) in [6.07, 6.45) is 3.01. The average Bonchev–Trinajstić information content (AvgIpc) is 3.35. The number of para-hydroxylation sites is 1. The molecule has 5 nitrogen and oxygen atoms in total. The van der Waals surface area contributed by atoms with Crippen LogP contribution in [0.15, 0.2) is 64.6 Å². The van der Waals surface area contributed by atoms with E-state index in [1.807, 2.05) is 42.5 Å². The molecule has 0 spiro atoms. The highest BCUT2D eigenvalue weighted by Gasteiger charge is 2.40. The molecule has 0 bridgehead atoms. The van der Waals surface area contributed by atoms with Crippen LogP contribution in [0.2, 0.25) is 0 Å². The molecule has 0 aliphatic carbocycles. The van der Waals surface area contributed by atoms with Crippen molar-refractivity contribution in [1.29, 1.82) is 0 Å². The topological polar surface area (TPSA) is 57.3 Å². The maximum atomic E-state index is 12.7. The summed E-state index contributed by atoms with van der Waals surface area (Å²) in [6.45, 7) is 2.61. The van der Waals surface area contributed by atoms with Crippen molar-refractivity contribution in [2.24, 2.45) is 0 Å². The molecule has 31 heavy (non-hydrogen) atoms. The smallest absolute Gasteiger partial charge is 0.226 e. The number of benzene rings is 1. The average molecular weight is 516 g/mol. The molecular weight excluding hydrogens is 492 g/mol. The van der Waals surface area contributed by atoms with Crippen LogP contribution in [0.5, 0.6) is 0 Å². The van der Waals surface area contributed by atoms with E-state index in [0.717, 1.165) is 27.8 Å². The van der Waals surface area contributed by atoms with Gasteiger partial charge in [-0.15, -0.1) is 11.3 Å². The Kier molecular flexibility index (Phi) is 6.99. The fourth-order valence-electron chi connectivity index (χ4n) is 3.82. The van der Waals surface area contributed by atoms with E-state index in [0.29, 0.717) is 18.1 Å². The molecule has 3 heterocycles. The van der Waals surface area contributed by atoms with Crippen LogP contribution in [-0.4, -0.2) is 27.4 Å². The van der Waals surface area contributed by atoms with Crippen molar-refractivity contribution in [3.63, 3.8) is 0 Å². The number of rotatable bonds is 7. The minimum Gasteiger partial charge on any atom is -0.352 e. The summed E-state index contributed by atoms with van der Waals surface area (Å²) in [5.74, 6) is -0.0175. The number of nitrogens with zero attached hydrogens (tertiary/aromatic N) is 2. The Labute approximate surface area is 200 Å². The third-order valence-corrected chi connectivity index (χ3v) is 7.45. The summed E-state index contributed by atoms with van der Waals surface area (Å²) >= 11 is 10.9. The van der Waals surface area contributed by atoms with Crippen LogP contribution in [0.4, 0.5) is 5.69 Å². The van der Waals surface area contributed by atoms with Gasteiger partial charge in [0.2, 0.25) is 5.91 Å². The highest BCUT2D eigenvalue weighted by atomic mass is 79.9. The lowest BCUT2D eigenvalue weighted by molar-refractivity contribution is -0.116. The van der Waals surface area contributed by atoms with Gasteiger partial charge in [-0.1, -0.05) is 31.2 Å². The normalized spacial score (nSPS) is 18.1. The molecule has 2 aromatic heterocycles. The highest BCUT2D eigenvalue weighted by Crippen LogP contribution is 2.41. The van der Waals surface area contributed by atoms with E-state index in [-0.39, 0.29) is 18.0 Å². The Balaban J connectivity index is 1.52. The number of hydrogen-bond donors (Lipinski definition) is 2. The summed E-state index contributed by atoms with van der Waals surface area (Å²) in [7, 11) is 0. The number of pyridine rings is 1. The van der Waals surface area contributed by atoms with E-state index in [1.165, 1.54) is 4.88 Å². The standard InChI is InChI=1S/C23H23BrN4OS2/c1-2-15-7-3-4-8-17(15)26-20(29)10-12-28-22(19-13-16(24)14-31-19)21(27-23(28)30)18-9-5-6-11-25-18/h3-9,11,13-14,21-22H,2,10,12H2,1H3,(H,26,29)(H,27,30)/t21-,22+/m0/s1. The van der Waals surface area contributed by atoms with Gasteiger partial charge in [-0.05, 0) is 64.4 Å². The molecule has 8 heteroatoms. The van der Waals surface area contributed by atoms with Gasteiger partial charge in [-0.2, -0.15) is 0 Å². The fourth-order valence-corrected chi connectivity index (χ4v) is 5.75. The predicted molar refractivity (Wildman–Crippen MR) is 133 cm³/mol. The van der Waals surface area contributed by atoms with E-state index < -0.39 is 0 Å². The third-order valence-electron chi connectivity index (χ3n) is 5.33. The SMILES string of the molecule is CCc1ccccc1NC(=O)CCN1C(=S)N[C@@H](c2ccccn2)[C@H]1c1cc(Br)cs1. The molecule has 4 rings (SSSR count). The lowest BCUT2D eigenvalue weighted by atomic mass is 10.0. The van der Waals surface area contributed by atoms with Gasteiger partial charge in [-0.3, -0.25) is 9.78 Å². The minimum absolute atomic E-state index is 0.0175. The monoisotopic (exact) mass is 514 g/mol. The van der Waals surface area contributed by atoms with Crippen molar-refractivity contribution in [2.75, 3.05) is 11.9 Å². The molecule has 1 aromatic carbocycles.